The molecule has 0 aliphatic heterocycles. The molecule has 2 rings (SSSR count). The summed E-state index contributed by atoms with van der Waals surface area (Å²) in [5.41, 5.74) is 8.15. The van der Waals surface area contributed by atoms with Crippen LogP contribution in [0.1, 0.15) is 34.5 Å². The summed E-state index contributed by atoms with van der Waals surface area (Å²) >= 11 is 0. The largest absolute Gasteiger partial charge is 0.345 e. The highest BCUT2D eigenvalue weighted by Gasteiger charge is 2.12. The molecule has 6 heteroatoms. The van der Waals surface area contributed by atoms with Crippen molar-refractivity contribution in [1.82, 2.24) is 15.1 Å². The Labute approximate surface area is 124 Å². The van der Waals surface area contributed by atoms with E-state index in [0.29, 0.717) is 12.1 Å². The van der Waals surface area contributed by atoms with E-state index in [-0.39, 0.29) is 24.4 Å². The zero-order chi connectivity index (χ0) is 13.8. The predicted octanol–water partition coefficient (Wildman–Crippen LogP) is 1.79. The molecular formula is C14H19ClN4O. The van der Waals surface area contributed by atoms with Crippen LogP contribution in [-0.4, -0.2) is 15.7 Å². The van der Waals surface area contributed by atoms with Gasteiger partial charge in [0, 0.05) is 30.9 Å². The van der Waals surface area contributed by atoms with E-state index in [1.165, 1.54) is 0 Å². The van der Waals surface area contributed by atoms with Crippen LogP contribution in [0, 0.1) is 0 Å². The van der Waals surface area contributed by atoms with Crippen LogP contribution in [-0.2, 0) is 13.6 Å². The fourth-order valence-electron chi connectivity index (χ4n) is 1.82. The van der Waals surface area contributed by atoms with Crippen LogP contribution >= 0.6 is 12.4 Å². The van der Waals surface area contributed by atoms with Crippen LogP contribution in [0.3, 0.4) is 0 Å². The number of amides is 1. The number of hydrogen-bond acceptors (Lipinski definition) is 3. The van der Waals surface area contributed by atoms with Gasteiger partial charge in [-0.2, -0.15) is 5.10 Å². The van der Waals surface area contributed by atoms with Crippen molar-refractivity contribution in [1.29, 1.82) is 0 Å². The highest BCUT2D eigenvalue weighted by molar-refractivity contribution is 5.94. The lowest BCUT2D eigenvalue weighted by atomic mass is 10.1. The molecule has 0 radical (unpaired) electrons. The van der Waals surface area contributed by atoms with Crippen LogP contribution < -0.4 is 11.1 Å². The summed E-state index contributed by atoms with van der Waals surface area (Å²) in [6.45, 7) is 2.41. The maximum Gasteiger partial charge on any atom is 0.251 e. The van der Waals surface area contributed by atoms with Crippen LogP contribution in [0.2, 0.25) is 0 Å². The maximum atomic E-state index is 12.1. The van der Waals surface area contributed by atoms with Gasteiger partial charge in [-0.05, 0) is 24.6 Å². The molecule has 5 nitrogen and oxygen atoms in total. The number of hydrogen-bond donors (Lipinski definition) is 2. The van der Waals surface area contributed by atoms with E-state index in [2.05, 4.69) is 10.4 Å². The quantitative estimate of drug-likeness (QED) is 0.903. The SMILES string of the molecule is CC(NC(=O)c1ccc(CN)cc1)c1cnn(C)c1.Cl. The summed E-state index contributed by atoms with van der Waals surface area (Å²) in [5, 5.41) is 7.03. The van der Waals surface area contributed by atoms with Gasteiger partial charge >= 0.3 is 0 Å². The summed E-state index contributed by atoms with van der Waals surface area (Å²) in [4.78, 5) is 12.1. The Morgan fingerprint density at radius 3 is 2.55 bits per heavy atom. The van der Waals surface area contributed by atoms with E-state index in [4.69, 9.17) is 5.73 Å². The lowest BCUT2D eigenvalue weighted by Crippen LogP contribution is -2.26. The fraction of sp³-hybridized carbons (Fsp3) is 0.286. The van der Waals surface area contributed by atoms with Gasteiger partial charge in [0.15, 0.2) is 0 Å². The van der Waals surface area contributed by atoms with Crippen molar-refractivity contribution in [2.75, 3.05) is 0 Å². The number of aromatic nitrogens is 2. The zero-order valence-corrected chi connectivity index (χ0v) is 12.4. The van der Waals surface area contributed by atoms with Crippen molar-refractivity contribution in [2.45, 2.75) is 19.5 Å². The number of nitrogens with one attached hydrogen (secondary N) is 1. The number of carbonyl (C=O) groups excluding carboxylic acids is 1. The summed E-state index contributed by atoms with van der Waals surface area (Å²) in [6.07, 6.45) is 3.64. The number of halogens is 1. The molecule has 0 aliphatic rings. The number of rotatable bonds is 4. The summed E-state index contributed by atoms with van der Waals surface area (Å²) < 4.78 is 1.72. The van der Waals surface area contributed by atoms with E-state index in [0.717, 1.165) is 11.1 Å². The highest BCUT2D eigenvalue weighted by atomic mass is 35.5. The predicted molar refractivity (Wildman–Crippen MR) is 80.7 cm³/mol. The summed E-state index contributed by atoms with van der Waals surface area (Å²) in [5.74, 6) is -0.0973. The van der Waals surface area contributed by atoms with E-state index in [1.807, 2.05) is 32.3 Å². The van der Waals surface area contributed by atoms with Crippen molar-refractivity contribution in [2.24, 2.45) is 12.8 Å². The van der Waals surface area contributed by atoms with Crippen molar-refractivity contribution >= 4 is 18.3 Å². The smallest absolute Gasteiger partial charge is 0.251 e. The average molecular weight is 295 g/mol. The van der Waals surface area contributed by atoms with E-state index in [1.54, 1.807) is 23.0 Å². The summed E-state index contributed by atoms with van der Waals surface area (Å²) in [7, 11) is 1.85. The van der Waals surface area contributed by atoms with E-state index >= 15 is 0 Å². The average Bonchev–Trinajstić information content (AvgIpc) is 2.85. The molecule has 1 aromatic carbocycles. The van der Waals surface area contributed by atoms with Gasteiger partial charge < -0.3 is 11.1 Å². The Hall–Kier alpha value is -1.85. The van der Waals surface area contributed by atoms with Gasteiger partial charge in [-0.1, -0.05) is 12.1 Å². The van der Waals surface area contributed by atoms with E-state index < -0.39 is 0 Å². The third-order valence-corrected chi connectivity index (χ3v) is 3.02. The molecule has 20 heavy (non-hydrogen) atoms. The second kappa shape index (κ2) is 7.07. The first-order chi connectivity index (χ1) is 9.10. The van der Waals surface area contributed by atoms with Crippen molar-refractivity contribution < 1.29 is 4.79 Å². The van der Waals surface area contributed by atoms with Crippen LogP contribution in [0.5, 0.6) is 0 Å². The molecule has 0 spiro atoms. The molecule has 0 saturated carbocycles. The minimum atomic E-state index is -0.0973. The van der Waals surface area contributed by atoms with Crippen molar-refractivity contribution in [3.05, 3.63) is 53.3 Å². The number of nitrogens with zero attached hydrogens (tertiary/aromatic N) is 2. The standard InChI is InChI=1S/C14H18N4O.ClH/c1-10(13-8-16-18(2)9-13)17-14(19)12-5-3-11(7-15)4-6-12;/h3-6,8-10H,7,15H2,1-2H3,(H,17,19);1H. The fourth-order valence-corrected chi connectivity index (χ4v) is 1.82. The molecule has 108 valence electrons. The van der Waals surface area contributed by atoms with Gasteiger partial charge in [-0.3, -0.25) is 9.48 Å². The molecule has 1 aromatic heterocycles. The lowest BCUT2D eigenvalue weighted by molar-refractivity contribution is 0.0940. The lowest BCUT2D eigenvalue weighted by Gasteiger charge is -2.12. The minimum Gasteiger partial charge on any atom is -0.345 e. The molecule has 0 fully saturated rings. The molecule has 3 N–H and O–H groups in total. The van der Waals surface area contributed by atoms with Crippen LogP contribution in [0.4, 0.5) is 0 Å². The Kier molecular flexibility index (Phi) is 5.73. The van der Waals surface area contributed by atoms with Crippen molar-refractivity contribution in [3.8, 4) is 0 Å². The molecule has 0 aliphatic carbocycles. The normalized spacial score (nSPS) is 11.6. The Morgan fingerprint density at radius 2 is 2.05 bits per heavy atom. The van der Waals surface area contributed by atoms with Gasteiger partial charge in [0.1, 0.15) is 0 Å². The highest BCUT2D eigenvalue weighted by Crippen LogP contribution is 2.12. The molecular weight excluding hydrogens is 276 g/mol. The number of aryl methyl sites for hydroxylation is 1. The van der Waals surface area contributed by atoms with Gasteiger partial charge in [0.05, 0.1) is 12.2 Å². The number of nitrogens with two attached hydrogens (primary N) is 1. The molecule has 1 amide bonds. The third kappa shape index (κ3) is 3.82. The Bertz CT molecular complexity index is 565. The molecule has 0 bridgehead atoms. The molecule has 1 atom stereocenters. The number of benzene rings is 1. The van der Waals surface area contributed by atoms with Gasteiger partial charge in [-0.25, -0.2) is 0 Å². The first kappa shape index (κ1) is 16.2. The Morgan fingerprint density at radius 1 is 1.40 bits per heavy atom. The Balaban J connectivity index is 0.00000200. The minimum absolute atomic E-state index is 0. The van der Waals surface area contributed by atoms with Gasteiger partial charge in [0.2, 0.25) is 0 Å². The zero-order valence-electron chi connectivity index (χ0n) is 11.5. The van der Waals surface area contributed by atoms with Crippen molar-refractivity contribution in [3.63, 3.8) is 0 Å². The van der Waals surface area contributed by atoms with Crippen LogP contribution in [0.15, 0.2) is 36.7 Å². The van der Waals surface area contributed by atoms with Gasteiger partial charge in [-0.15, -0.1) is 12.4 Å². The molecule has 2 aromatic rings. The summed E-state index contributed by atoms with van der Waals surface area (Å²) in [6, 6.07) is 7.23. The third-order valence-electron chi connectivity index (χ3n) is 3.02. The first-order valence-electron chi connectivity index (χ1n) is 6.18. The monoisotopic (exact) mass is 294 g/mol. The topological polar surface area (TPSA) is 72.9 Å². The van der Waals surface area contributed by atoms with Gasteiger partial charge in [0.25, 0.3) is 5.91 Å². The second-order valence-electron chi connectivity index (χ2n) is 4.54. The molecule has 1 unspecified atom stereocenters. The van der Waals surface area contributed by atoms with Crippen LogP contribution in [0.25, 0.3) is 0 Å². The van der Waals surface area contributed by atoms with E-state index in [9.17, 15) is 4.79 Å². The molecule has 0 saturated heterocycles. The second-order valence-corrected chi connectivity index (χ2v) is 4.54. The number of carbonyl (C=O) groups is 1. The first-order valence-corrected chi connectivity index (χ1v) is 6.18. The maximum absolute atomic E-state index is 12.1. The molecule has 1 heterocycles.